The maximum atomic E-state index is 12.9. The molecule has 2 aliphatic rings. The molecule has 2 atom stereocenters. The Morgan fingerprint density at radius 1 is 1.21 bits per heavy atom. The summed E-state index contributed by atoms with van der Waals surface area (Å²) in [5, 5.41) is 10.6. The zero-order valence-corrected chi connectivity index (χ0v) is 17.1. The third kappa shape index (κ3) is 4.49. The molecule has 0 unspecified atom stereocenters. The van der Waals surface area contributed by atoms with Gasteiger partial charge in [0.05, 0.1) is 35.0 Å². The summed E-state index contributed by atoms with van der Waals surface area (Å²) in [4.78, 5) is 17.1. The van der Waals surface area contributed by atoms with Crippen LogP contribution in [0.15, 0.2) is 30.6 Å². The average Bonchev–Trinajstić information content (AvgIpc) is 3.22. The van der Waals surface area contributed by atoms with Crippen molar-refractivity contribution in [3.8, 4) is 5.82 Å². The molecular weight excluding hydrogens is 394 g/mol. The summed E-state index contributed by atoms with van der Waals surface area (Å²) in [6.45, 7) is 3.12. The van der Waals surface area contributed by atoms with Crippen molar-refractivity contribution in [2.45, 2.75) is 37.9 Å². The van der Waals surface area contributed by atoms with Gasteiger partial charge in [0.2, 0.25) is 0 Å². The Morgan fingerprint density at radius 3 is 2.69 bits per heavy atom. The molecule has 0 aliphatic carbocycles. The van der Waals surface area contributed by atoms with Gasteiger partial charge in [-0.15, -0.1) is 0 Å². The van der Waals surface area contributed by atoms with E-state index < -0.39 is 15.9 Å². The van der Waals surface area contributed by atoms with Crippen LogP contribution >= 0.6 is 0 Å². The van der Waals surface area contributed by atoms with Gasteiger partial charge in [0.25, 0.3) is 5.91 Å². The molecule has 2 N–H and O–H groups in total. The molecule has 2 saturated heterocycles. The minimum atomic E-state index is -3.21. The fraction of sp³-hybridized carbons (Fsp3) is 0.526. The Kier molecular flexibility index (Phi) is 5.66. The van der Waals surface area contributed by atoms with E-state index in [2.05, 4.69) is 20.7 Å². The van der Waals surface area contributed by atoms with Gasteiger partial charge in [-0.05, 0) is 31.9 Å². The first-order valence-corrected chi connectivity index (χ1v) is 11.6. The number of nitrogens with zero attached hydrogens (tertiary/aromatic N) is 3. The monoisotopic (exact) mass is 419 g/mol. The first-order chi connectivity index (χ1) is 13.9. The van der Waals surface area contributed by atoms with E-state index in [0.29, 0.717) is 30.3 Å². The number of carbonyl (C=O) groups excluding carboxylic acids is 1. The summed E-state index contributed by atoms with van der Waals surface area (Å²) in [5.74, 6) is 0.256. The fourth-order valence-corrected chi connectivity index (χ4v) is 5.78. The SMILES string of the molecule is Cc1c(C(=O)N[C@H]2CS(=O)(=O)C[C@H]2NC2CCOCC2)cnn1-c1ccccn1. The molecule has 0 radical (unpaired) electrons. The lowest BCUT2D eigenvalue weighted by Gasteiger charge is -2.29. The Labute approximate surface area is 169 Å². The quantitative estimate of drug-likeness (QED) is 0.713. The second kappa shape index (κ2) is 8.21. The third-order valence-corrected chi connectivity index (χ3v) is 7.19. The number of sulfone groups is 1. The summed E-state index contributed by atoms with van der Waals surface area (Å²) in [7, 11) is -3.21. The van der Waals surface area contributed by atoms with Crippen LogP contribution in [0.3, 0.4) is 0 Å². The molecule has 2 aromatic rings. The second-order valence-corrected chi connectivity index (χ2v) is 9.71. The molecule has 2 fully saturated rings. The van der Waals surface area contributed by atoms with Crippen molar-refractivity contribution >= 4 is 15.7 Å². The summed E-state index contributed by atoms with van der Waals surface area (Å²) in [5.41, 5.74) is 1.06. The zero-order valence-electron chi connectivity index (χ0n) is 16.2. The molecule has 4 rings (SSSR count). The van der Waals surface area contributed by atoms with Crippen molar-refractivity contribution in [3.05, 3.63) is 41.9 Å². The predicted molar refractivity (Wildman–Crippen MR) is 107 cm³/mol. The molecule has 0 saturated carbocycles. The van der Waals surface area contributed by atoms with Gasteiger partial charge < -0.3 is 15.4 Å². The van der Waals surface area contributed by atoms with Gasteiger partial charge in [0.1, 0.15) is 0 Å². The van der Waals surface area contributed by atoms with E-state index in [9.17, 15) is 13.2 Å². The molecular formula is C19H25N5O4S. The predicted octanol–water partition coefficient (Wildman–Crippen LogP) is 0.240. The maximum absolute atomic E-state index is 12.9. The Hall–Kier alpha value is -2.30. The van der Waals surface area contributed by atoms with Crippen LogP contribution in [0.1, 0.15) is 28.9 Å². The number of hydrogen-bond acceptors (Lipinski definition) is 7. The summed E-state index contributed by atoms with van der Waals surface area (Å²) < 4.78 is 31.4. The van der Waals surface area contributed by atoms with E-state index in [0.717, 1.165) is 12.8 Å². The smallest absolute Gasteiger partial charge is 0.255 e. The van der Waals surface area contributed by atoms with Gasteiger partial charge in [-0.3, -0.25) is 4.79 Å². The van der Waals surface area contributed by atoms with E-state index in [-0.39, 0.29) is 29.5 Å². The number of amides is 1. The number of carbonyl (C=O) groups is 1. The zero-order chi connectivity index (χ0) is 20.4. The van der Waals surface area contributed by atoms with Crippen LogP contribution in [0, 0.1) is 6.92 Å². The standard InChI is InChI=1S/C19H25N5O4S/c1-13-15(10-21-24(13)18-4-2-3-7-20-18)19(25)23-17-12-29(26,27)11-16(17)22-14-5-8-28-9-6-14/h2-4,7,10,14,16-17,22H,5-6,8-9,11-12H2,1H3,(H,23,25)/t16-,17+/m1/s1. The molecule has 2 aromatic heterocycles. The molecule has 9 nitrogen and oxygen atoms in total. The van der Waals surface area contributed by atoms with Gasteiger partial charge in [0, 0.05) is 31.5 Å². The largest absolute Gasteiger partial charge is 0.381 e. The van der Waals surface area contributed by atoms with Gasteiger partial charge in [-0.1, -0.05) is 6.07 Å². The van der Waals surface area contributed by atoms with Crippen molar-refractivity contribution in [1.82, 2.24) is 25.4 Å². The molecule has 2 aliphatic heterocycles. The molecule has 0 aromatic carbocycles. The van der Waals surface area contributed by atoms with Crippen molar-refractivity contribution in [1.29, 1.82) is 0 Å². The van der Waals surface area contributed by atoms with Gasteiger partial charge in [0.15, 0.2) is 15.7 Å². The van der Waals surface area contributed by atoms with Crippen LogP contribution in [-0.2, 0) is 14.6 Å². The maximum Gasteiger partial charge on any atom is 0.255 e. The average molecular weight is 420 g/mol. The Morgan fingerprint density at radius 2 is 1.97 bits per heavy atom. The normalized spacial score (nSPS) is 24.4. The van der Waals surface area contributed by atoms with Crippen LogP contribution in [-0.4, -0.2) is 71.9 Å². The summed E-state index contributed by atoms with van der Waals surface area (Å²) in [6.07, 6.45) is 4.83. The number of pyridine rings is 1. The minimum absolute atomic E-state index is 0.0292. The van der Waals surface area contributed by atoms with E-state index in [1.807, 2.05) is 12.1 Å². The molecule has 29 heavy (non-hydrogen) atoms. The first kappa shape index (κ1) is 20.0. The van der Waals surface area contributed by atoms with E-state index >= 15 is 0 Å². The van der Waals surface area contributed by atoms with Crippen LogP contribution in [0.25, 0.3) is 5.82 Å². The first-order valence-electron chi connectivity index (χ1n) is 9.74. The Balaban J connectivity index is 1.48. The second-order valence-electron chi connectivity index (χ2n) is 7.56. The highest BCUT2D eigenvalue weighted by Crippen LogP contribution is 2.18. The number of nitrogens with one attached hydrogen (secondary N) is 2. The van der Waals surface area contributed by atoms with E-state index in [1.165, 1.54) is 6.20 Å². The van der Waals surface area contributed by atoms with Crippen molar-refractivity contribution in [2.24, 2.45) is 0 Å². The number of rotatable bonds is 5. The molecule has 156 valence electrons. The van der Waals surface area contributed by atoms with Crippen molar-refractivity contribution in [3.63, 3.8) is 0 Å². The lowest BCUT2D eigenvalue weighted by Crippen LogP contribution is -2.53. The van der Waals surface area contributed by atoms with Crippen LogP contribution < -0.4 is 10.6 Å². The van der Waals surface area contributed by atoms with Gasteiger partial charge >= 0.3 is 0 Å². The van der Waals surface area contributed by atoms with Crippen molar-refractivity contribution < 1.29 is 17.9 Å². The lowest BCUT2D eigenvalue weighted by atomic mass is 10.1. The molecule has 0 spiro atoms. The van der Waals surface area contributed by atoms with Gasteiger partial charge in [-0.2, -0.15) is 5.10 Å². The van der Waals surface area contributed by atoms with E-state index in [4.69, 9.17) is 4.74 Å². The minimum Gasteiger partial charge on any atom is -0.381 e. The van der Waals surface area contributed by atoms with Crippen LogP contribution in [0.5, 0.6) is 0 Å². The fourth-order valence-electron chi connectivity index (χ4n) is 3.91. The molecule has 0 bridgehead atoms. The highest BCUT2D eigenvalue weighted by Gasteiger charge is 2.40. The highest BCUT2D eigenvalue weighted by atomic mass is 32.2. The number of hydrogen-bond donors (Lipinski definition) is 2. The third-order valence-electron chi connectivity index (χ3n) is 5.46. The number of aromatic nitrogens is 3. The van der Waals surface area contributed by atoms with E-state index in [1.54, 1.807) is 23.9 Å². The summed E-state index contributed by atoms with van der Waals surface area (Å²) >= 11 is 0. The molecule has 4 heterocycles. The number of ether oxygens (including phenoxy) is 1. The topological polar surface area (TPSA) is 115 Å². The van der Waals surface area contributed by atoms with Gasteiger partial charge in [-0.25, -0.2) is 18.1 Å². The highest BCUT2D eigenvalue weighted by molar-refractivity contribution is 7.91. The Bertz CT molecular complexity index is 970. The lowest BCUT2D eigenvalue weighted by molar-refractivity contribution is 0.0738. The summed E-state index contributed by atoms with van der Waals surface area (Å²) in [6, 6.07) is 4.88. The molecule has 10 heteroatoms. The molecule has 1 amide bonds. The van der Waals surface area contributed by atoms with Crippen LogP contribution in [0.2, 0.25) is 0 Å². The van der Waals surface area contributed by atoms with Crippen LogP contribution in [0.4, 0.5) is 0 Å². The van der Waals surface area contributed by atoms with Crippen molar-refractivity contribution in [2.75, 3.05) is 24.7 Å².